The number of benzene rings is 2. The fraction of sp³-hybridized carbons (Fsp3) is 0.182. The van der Waals surface area contributed by atoms with Crippen LogP contribution in [0.4, 0.5) is 4.39 Å². The van der Waals surface area contributed by atoms with Gasteiger partial charge in [0.05, 0.1) is 41.8 Å². The number of rotatable bonds is 8. The molecule has 0 unspecified atom stereocenters. The van der Waals surface area contributed by atoms with Crippen LogP contribution in [0.1, 0.15) is 28.7 Å². The maximum Gasteiger partial charge on any atom is 0.341 e. The number of carbonyl (C=O) groups is 1. The summed E-state index contributed by atoms with van der Waals surface area (Å²) in [5.74, 6) is -0.862. The summed E-state index contributed by atoms with van der Waals surface area (Å²) < 4.78 is 20.4. The van der Waals surface area contributed by atoms with E-state index in [1.165, 1.54) is 23.0 Å². The normalized spacial score (nSPS) is 10.9. The fourth-order valence-corrected chi connectivity index (χ4v) is 3.12. The highest BCUT2D eigenvalue weighted by Crippen LogP contribution is 2.17. The summed E-state index contributed by atoms with van der Waals surface area (Å²) in [5.41, 5.74) is 3.01. The minimum absolute atomic E-state index is 0.249. The largest absolute Gasteiger partial charge is 0.462 e. The number of nitrogens with zero attached hydrogens (tertiary/aromatic N) is 5. The van der Waals surface area contributed by atoms with Crippen LogP contribution in [0.25, 0.3) is 11.4 Å². The standard InChI is InChI=1S/C22H21FN6O2/c1-2-31-22(30)20-14-25-28(19-10-6-7-16(23)11-19)21(20)15-24-12-17-13-26-29(27-17)18-8-4-3-5-9-18/h3-11,13-14,24H,2,12,15H2,1H3. The number of ether oxygens (including phenoxy) is 1. The first-order chi connectivity index (χ1) is 15.2. The third kappa shape index (κ3) is 4.67. The monoisotopic (exact) mass is 420 g/mol. The van der Waals surface area contributed by atoms with Crippen LogP contribution < -0.4 is 5.32 Å². The molecule has 9 heteroatoms. The first-order valence-corrected chi connectivity index (χ1v) is 9.83. The zero-order valence-electron chi connectivity index (χ0n) is 16.9. The van der Waals surface area contributed by atoms with Crippen molar-refractivity contribution in [3.05, 3.63) is 89.8 Å². The minimum atomic E-state index is -0.475. The van der Waals surface area contributed by atoms with Crippen molar-refractivity contribution in [2.75, 3.05) is 6.61 Å². The molecule has 0 saturated heterocycles. The summed E-state index contributed by atoms with van der Waals surface area (Å²) in [6.45, 7) is 2.70. The fourth-order valence-electron chi connectivity index (χ4n) is 3.12. The van der Waals surface area contributed by atoms with Crippen molar-refractivity contribution < 1.29 is 13.9 Å². The van der Waals surface area contributed by atoms with Crippen LogP contribution in [0.2, 0.25) is 0 Å². The van der Waals surface area contributed by atoms with E-state index in [-0.39, 0.29) is 12.4 Å². The molecule has 158 valence electrons. The maximum absolute atomic E-state index is 13.7. The molecule has 2 aromatic heterocycles. The molecule has 31 heavy (non-hydrogen) atoms. The Morgan fingerprint density at radius 3 is 2.61 bits per heavy atom. The summed E-state index contributed by atoms with van der Waals surface area (Å²) in [7, 11) is 0. The molecule has 8 nitrogen and oxygen atoms in total. The molecule has 0 fully saturated rings. The summed E-state index contributed by atoms with van der Waals surface area (Å²) in [6.07, 6.45) is 3.11. The van der Waals surface area contributed by atoms with Gasteiger partial charge in [0.25, 0.3) is 0 Å². The van der Waals surface area contributed by atoms with E-state index in [1.807, 2.05) is 30.3 Å². The lowest BCUT2D eigenvalue weighted by Crippen LogP contribution is -2.19. The van der Waals surface area contributed by atoms with E-state index < -0.39 is 5.97 Å². The summed E-state index contributed by atoms with van der Waals surface area (Å²) in [4.78, 5) is 13.9. The zero-order valence-corrected chi connectivity index (χ0v) is 16.9. The van der Waals surface area contributed by atoms with Crippen LogP contribution in [0.3, 0.4) is 0 Å². The Bertz CT molecular complexity index is 1170. The van der Waals surface area contributed by atoms with Gasteiger partial charge in [0.2, 0.25) is 0 Å². The van der Waals surface area contributed by atoms with Crippen molar-refractivity contribution >= 4 is 5.97 Å². The predicted molar refractivity (Wildman–Crippen MR) is 111 cm³/mol. The minimum Gasteiger partial charge on any atom is -0.462 e. The Labute approximate surface area is 178 Å². The van der Waals surface area contributed by atoms with Crippen LogP contribution in [0, 0.1) is 5.82 Å². The van der Waals surface area contributed by atoms with Crippen molar-refractivity contribution in [1.29, 1.82) is 0 Å². The average molecular weight is 420 g/mol. The van der Waals surface area contributed by atoms with Crippen molar-refractivity contribution in [2.45, 2.75) is 20.0 Å². The molecule has 0 atom stereocenters. The van der Waals surface area contributed by atoms with Crippen LogP contribution in [0.5, 0.6) is 0 Å². The van der Waals surface area contributed by atoms with Gasteiger partial charge < -0.3 is 10.1 Å². The van der Waals surface area contributed by atoms with Gasteiger partial charge in [-0.15, -0.1) is 0 Å². The number of para-hydroxylation sites is 1. The molecule has 0 spiro atoms. The Kier molecular flexibility index (Phi) is 6.13. The van der Waals surface area contributed by atoms with Crippen LogP contribution in [0.15, 0.2) is 67.0 Å². The molecule has 4 aromatic rings. The van der Waals surface area contributed by atoms with E-state index in [2.05, 4.69) is 20.6 Å². The number of nitrogens with one attached hydrogen (secondary N) is 1. The quantitative estimate of drug-likeness (QED) is 0.441. The van der Waals surface area contributed by atoms with E-state index in [0.717, 1.165) is 11.4 Å². The molecular formula is C22H21FN6O2. The second-order valence-electron chi connectivity index (χ2n) is 6.68. The maximum atomic E-state index is 13.7. The molecule has 2 aromatic carbocycles. The molecule has 1 N–H and O–H groups in total. The van der Waals surface area contributed by atoms with Gasteiger partial charge >= 0.3 is 5.97 Å². The van der Waals surface area contributed by atoms with Gasteiger partial charge in [-0.2, -0.15) is 20.1 Å². The molecule has 0 aliphatic rings. The molecule has 0 radical (unpaired) electrons. The number of hydrogen-bond donors (Lipinski definition) is 1. The van der Waals surface area contributed by atoms with E-state index >= 15 is 0 Å². The van der Waals surface area contributed by atoms with Crippen LogP contribution in [-0.2, 0) is 17.8 Å². The van der Waals surface area contributed by atoms with E-state index in [9.17, 15) is 9.18 Å². The summed E-state index contributed by atoms with van der Waals surface area (Å²) in [6, 6.07) is 15.6. The van der Waals surface area contributed by atoms with Gasteiger partial charge in [-0.25, -0.2) is 13.9 Å². The Balaban J connectivity index is 1.52. The third-order valence-corrected chi connectivity index (χ3v) is 4.54. The Morgan fingerprint density at radius 1 is 1.03 bits per heavy atom. The summed E-state index contributed by atoms with van der Waals surface area (Å²) >= 11 is 0. The van der Waals surface area contributed by atoms with E-state index in [4.69, 9.17) is 4.74 Å². The lowest BCUT2D eigenvalue weighted by Gasteiger charge is -2.10. The van der Waals surface area contributed by atoms with Crippen molar-refractivity contribution in [2.24, 2.45) is 0 Å². The van der Waals surface area contributed by atoms with Gasteiger partial charge in [-0.3, -0.25) is 0 Å². The van der Waals surface area contributed by atoms with Gasteiger partial charge in [0.1, 0.15) is 11.4 Å². The van der Waals surface area contributed by atoms with Crippen LogP contribution in [-0.4, -0.2) is 37.4 Å². The predicted octanol–water partition coefficient (Wildman–Crippen LogP) is 3.06. The number of hydrogen-bond acceptors (Lipinski definition) is 6. The summed E-state index contributed by atoms with van der Waals surface area (Å²) in [5, 5.41) is 16.3. The average Bonchev–Trinajstić information content (AvgIpc) is 3.42. The first-order valence-electron chi connectivity index (χ1n) is 9.83. The van der Waals surface area contributed by atoms with Gasteiger partial charge in [0, 0.05) is 13.1 Å². The molecule has 0 saturated carbocycles. The molecule has 0 aliphatic carbocycles. The second kappa shape index (κ2) is 9.31. The SMILES string of the molecule is CCOC(=O)c1cnn(-c2cccc(F)c2)c1CNCc1cnn(-c2ccccc2)n1. The molecule has 0 amide bonds. The second-order valence-corrected chi connectivity index (χ2v) is 6.68. The third-order valence-electron chi connectivity index (χ3n) is 4.54. The molecule has 0 aliphatic heterocycles. The first kappa shape index (κ1) is 20.4. The zero-order chi connectivity index (χ0) is 21.6. The number of halogens is 1. The van der Waals surface area contributed by atoms with Crippen molar-refractivity contribution in [3.63, 3.8) is 0 Å². The Morgan fingerprint density at radius 2 is 1.84 bits per heavy atom. The van der Waals surface area contributed by atoms with Gasteiger partial charge in [-0.05, 0) is 37.3 Å². The number of carbonyl (C=O) groups excluding carboxylic acids is 1. The van der Waals surface area contributed by atoms with Gasteiger partial charge in [0.15, 0.2) is 0 Å². The number of esters is 1. The highest BCUT2D eigenvalue weighted by atomic mass is 19.1. The van der Waals surface area contributed by atoms with E-state index in [0.29, 0.717) is 30.0 Å². The molecule has 2 heterocycles. The lowest BCUT2D eigenvalue weighted by molar-refractivity contribution is 0.0525. The molecule has 4 rings (SSSR count). The highest BCUT2D eigenvalue weighted by molar-refractivity contribution is 5.90. The highest BCUT2D eigenvalue weighted by Gasteiger charge is 2.19. The smallest absolute Gasteiger partial charge is 0.341 e. The van der Waals surface area contributed by atoms with Crippen molar-refractivity contribution in [3.8, 4) is 11.4 Å². The van der Waals surface area contributed by atoms with Gasteiger partial charge in [-0.1, -0.05) is 24.3 Å². The number of aromatic nitrogens is 5. The topological polar surface area (TPSA) is 86.9 Å². The molecule has 0 bridgehead atoms. The van der Waals surface area contributed by atoms with Crippen LogP contribution >= 0.6 is 0 Å². The molecular weight excluding hydrogens is 399 g/mol. The Hall–Kier alpha value is -3.85. The van der Waals surface area contributed by atoms with Crippen molar-refractivity contribution in [1.82, 2.24) is 30.1 Å². The lowest BCUT2D eigenvalue weighted by atomic mass is 10.2. The van der Waals surface area contributed by atoms with E-state index in [1.54, 1.807) is 30.0 Å².